The molecule has 2 fully saturated rings. The topological polar surface area (TPSA) is 66.1 Å². The third kappa shape index (κ3) is 6.27. The van der Waals surface area contributed by atoms with Crippen LogP contribution in [0.4, 0.5) is 0 Å². The fraction of sp³-hybridized carbons (Fsp3) is 0.650. The summed E-state index contributed by atoms with van der Waals surface area (Å²) in [7, 11) is 2.21. The zero-order valence-electron chi connectivity index (χ0n) is 16.0. The van der Waals surface area contributed by atoms with Crippen molar-refractivity contribution in [3.8, 4) is 0 Å². The Labute approximate surface area is 157 Å². The van der Waals surface area contributed by atoms with Gasteiger partial charge in [-0.05, 0) is 50.5 Å². The fourth-order valence-electron chi connectivity index (χ4n) is 3.52. The Hall–Kier alpha value is -1.63. The zero-order valence-corrected chi connectivity index (χ0v) is 16.0. The molecule has 26 heavy (non-hydrogen) atoms. The molecule has 1 aromatic rings. The van der Waals surface area contributed by atoms with Crippen LogP contribution < -0.4 is 11.1 Å². The van der Waals surface area contributed by atoms with Gasteiger partial charge in [-0.1, -0.05) is 24.3 Å². The van der Waals surface area contributed by atoms with Gasteiger partial charge in [0.1, 0.15) is 0 Å². The molecule has 2 heterocycles. The number of rotatable bonds is 6. The van der Waals surface area contributed by atoms with Gasteiger partial charge in [0.15, 0.2) is 5.96 Å². The molecule has 0 spiro atoms. The summed E-state index contributed by atoms with van der Waals surface area (Å²) in [6.45, 7) is 7.95. The van der Waals surface area contributed by atoms with E-state index < -0.39 is 0 Å². The minimum atomic E-state index is 0.279. The smallest absolute Gasteiger partial charge is 0.189 e. The van der Waals surface area contributed by atoms with E-state index in [-0.39, 0.29) is 6.10 Å². The molecular weight excluding hydrogens is 326 g/mol. The predicted octanol–water partition coefficient (Wildman–Crippen LogP) is 1.41. The molecule has 6 heteroatoms. The van der Waals surface area contributed by atoms with Crippen molar-refractivity contribution in [2.45, 2.75) is 38.5 Å². The van der Waals surface area contributed by atoms with Crippen molar-refractivity contribution in [3.05, 3.63) is 35.4 Å². The zero-order chi connectivity index (χ0) is 18.2. The van der Waals surface area contributed by atoms with Crippen LogP contribution in [0.5, 0.6) is 0 Å². The van der Waals surface area contributed by atoms with Crippen LogP contribution >= 0.6 is 0 Å². The van der Waals surface area contributed by atoms with Gasteiger partial charge in [-0.15, -0.1) is 0 Å². The van der Waals surface area contributed by atoms with Crippen molar-refractivity contribution in [3.63, 3.8) is 0 Å². The van der Waals surface area contributed by atoms with Crippen LogP contribution in [-0.4, -0.2) is 68.2 Å². The third-order valence-electron chi connectivity index (χ3n) is 5.21. The first kappa shape index (κ1) is 19.1. The number of aliphatic imine (C=N–C) groups is 1. The van der Waals surface area contributed by atoms with Crippen LogP contribution in [0.15, 0.2) is 29.3 Å². The monoisotopic (exact) mass is 359 g/mol. The number of likely N-dealkylation sites (N-methyl/N-ethyl adjacent to an activating group) is 1. The molecule has 1 unspecified atom stereocenters. The Morgan fingerprint density at radius 1 is 1.15 bits per heavy atom. The molecule has 0 radical (unpaired) electrons. The maximum atomic E-state index is 5.95. The van der Waals surface area contributed by atoms with Crippen LogP contribution in [0, 0.1) is 0 Å². The first-order valence-electron chi connectivity index (χ1n) is 9.83. The van der Waals surface area contributed by atoms with Crippen molar-refractivity contribution in [2.24, 2.45) is 10.7 Å². The van der Waals surface area contributed by atoms with Crippen LogP contribution in [-0.2, 0) is 17.8 Å². The lowest BCUT2D eigenvalue weighted by Crippen LogP contribution is -2.37. The molecule has 0 aliphatic carbocycles. The van der Waals surface area contributed by atoms with Gasteiger partial charge >= 0.3 is 0 Å². The Balaban J connectivity index is 1.42. The highest BCUT2D eigenvalue weighted by atomic mass is 16.5. The predicted molar refractivity (Wildman–Crippen MR) is 106 cm³/mol. The Morgan fingerprint density at radius 3 is 2.73 bits per heavy atom. The van der Waals surface area contributed by atoms with Crippen molar-refractivity contribution >= 4 is 5.96 Å². The summed E-state index contributed by atoms with van der Waals surface area (Å²) in [5.74, 6) is 0.498. The van der Waals surface area contributed by atoms with Gasteiger partial charge in [0, 0.05) is 32.8 Å². The Bertz CT molecular complexity index is 568. The highest BCUT2D eigenvalue weighted by Gasteiger charge is 2.15. The number of ether oxygens (including phenoxy) is 1. The lowest BCUT2D eigenvalue weighted by atomic mass is 10.1. The van der Waals surface area contributed by atoms with Crippen molar-refractivity contribution in [1.82, 2.24) is 15.1 Å². The molecule has 3 rings (SSSR count). The molecule has 2 aliphatic rings. The molecule has 0 amide bonds. The average molecular weight is 360 g/mol. The second-order valence-corrected chi connectivity index (χ2v) is 7.47. The minimum Gasteiger partial charge on any atom is -0.376 e. The summed E-state index contributed by atoms with van der Waals surface area (Å²) in [4.78, 5) is 9.39. The second-order valence-electron chi connectivity index (χ2n) is 7.47. The first-order chi connectivity index (χ1) is 12.7. The van der Waals surface area contributed by atoms with Crippen LogP contribution in [0.25, 0.3) is 0 Å². The van der Waals surface area contributed by atoms with Gasteiger partial charge in [0.2, 0.25) is 0 Å². The van der Waals surface area contributed by atoms with Gasteiger partial charge in [-0.25, -0.2) is 4.99 Å². The van der Waals surface area contributed by atoms with E-state index in [1.165, 1.54) is 30.6 Å². The van der Waals surface area contributed by atoms with Crippen LogP contribution in [0.1, 0.15) is 30.4 Å². The number of benzene rings is 1. The molecule has 2 saturated heterocycles. The van der Waals surface area contributed by atoms with E-state index in [1.807, 2.05) is 0 Å². The molecule has 3 N–H and O–H groups in total. The molecule has 0 aromatic heterocycles. The maximum Gasteiger partial charge on any atom is 0.189 e. The summed E-state index contributed by atoms with van der Waals surface area (Å²) in [5.41, 5.74) is 8.51. The highest BCUT2D eigenvalue weighted by Crippen LogP contribution is 2.12. The van der Waals surface area contributed by atoms with E-state index in [1.54, 1.807) is 0 Å². The molecule has 6 nitrogen and oxygen atoms in total. The lowest BCUT2D eigenvalue weighted by molar-refractivity contribution is 0.114. The van der Waals surface area contributed by atoms with Gasteiger partial charge in [-0.3, -0.25) is 4.90 Å². The summed E-state index contributed by atoms with van der Waals surface area (Å²) < 4.78 is 5.58. The summed E-state index contributed by atoms with van der Waals surface area (Å²) in [6.07, 6.45) is 3.78. The van der Waals surface area contributed by atoms with Crippen molar-refractivity contribution < 1.29 is 4.74 Å². The van der Waals surface area contributed by atoms with Crippen LogP contribution in [0.2, 0.25) is 0 Å². The number of nitrogens with two attached hydrogens (primary N) is 1. The lowest BCUT2D eigenvalue weighted by Gasteiger charge is -2.20. The van der Waals surface area contributed by atoms with E-state index in [2.05, 4.69) is 51.4 Å². The van der Waals surface area contributed by atoms with Crippen LogP contribution in [0.3, 0.4) is 0 Å². The Morgan fingerprint density at radius 2 is 1.96 bits per heavy atom. The largest absolute Gasteiger partial charge is 0.376 e. The van der Waals surface area contributed by atoms with Crippen molar-refractivity contribution in [2.75, 3.05) is 46.4 Å². The molecular formula is C20H33N5O. The number of nitrogens with one attached hydrogen (secondary N) is 1. The number of hydrogen-bond donors (Lipinski definition) is 2. The van der Waals surface area contributed by atoms with Crippen molar-refractivity contribution in [1.29, 1.82) is 0 Å². The van der Waals surface area contributed by atoms with E-state index in [0.717, 1.165) is 45.6 Å². The van der Waals surface area contributed by atoms with E-state index in [9.17, 15) is 0 Å². The SMILES string of the molecule is CN1CCCN(Cc2ccc(CN=C(N)NCC3CCCO3)cc2)CC1. The second kappa shape index (κ2) is 9.90. The Kier molecular flexibility index (Phi) is 7.29. The molecule has 0 saturated carbocycles. The minimum absolute atomic E-state index is 0.279. The number of guanidine groups is 1. The first-order valence-corrected chi connectivity index (χ1v) is 9.83. The van der Waals surface area contributed by atoms with Gasteiger partial charge in [0.25, 0.3) is 0 Å². The quantitative estimate of drug-likeness (QED) is 0.594. The molecule has 2 aliphatic heterocycles. The fourth-order valence-corrected chi connectivity index (χ4v) is 3.52. The maximum absolute atomic E-state index is 5.95. The summed E-state index contributed by atoms with van der Waals surface area (Å²) in [6, 6.07) is 8.76. The standard InChI is InChI=1S/C20H33N5O/c1-24-9-3-10-25(12-11-24)16-18-7-5-17(6-8-18)14-22-20(21)23-15-19-4-2-13-26-19/h5-8,19H,2-4,9-16H2,1H3,(H3,21,22,23). The summed E-state index contributed by atoms with van der Waals surface area (Å²) >= 11 is 0. The molecule has 1 atom stereocenters. The van der Waals surface area contributed by atoms with Gasteiger partial charge in [-0.2, -0.15) is 0 Å². The normalized spacial score (nSPS) is 23.1. The summed E-state index contributed by atoms with van der Waals surface area (Å²) in [5, 5.41) is 3.16. The van der Waals surface area contributed by atoms with E-state index in [4.69, 9.17) is 10.5 Å². The third-order valence-corrected chi connectivity index (χ3v) is 5.21. The van der Waals surface area contributed by atoms with E-state index in [0.29, 0.717) is 12.5 Å². The molecule has 1 aromatic carbocycles. The van der Waals surface area contributed by atoms with Gasteiger partial charge in [0.05, 0.1) is 12.6 Å². The number of nitrogens with zero attached hydrogens (tertiary/aromatic N) is 3. The molecule has 144 valence electrons. The molecule has 0 bridgehead atoms. The average Bonchev–Trinajstić information content (AvgIpc) is 3.09. The highest BCUT2D eigenvalue weighted by molar-refractivity contribution is 5.77. The number of hydrogen-bond acceptors (Lipinski definition) is 4. The van der Waals surface area contributed by atoms with Gasteiger partial charge < -0.3 is 20.7 Å². The van der Waals surface area contributed by atoms with E-state index >= 15 is 0 Å².